The van der Waals surface area contributed by atoms with Crippen LogP contribution in [-0.2, 0) is 4.79 Å². The topological polar surface area (TPSA) is 66.1 Å². The highest BCUT2D eigenvalue weighted by atomic mass is 32.2. The van der Waals surface area contributed by atoms with Crippen LogP contribution in [0.5, 0.6) is 0 Å². The van der Waals surface area contributed by atoms with Crippen LogP contribution in [0.1, 0.15) is 33.0 Å². The zero-order valence-corrected chi connectivity index (χ0v) is 16.3. The van der Waals surface area contributed by atoms with Crippen molar-refractivity contribution in [2.75, 3.05) is 7.05 Å². The first-order valence-electron chi connectivity index (χ1n) is 7.67. The predicted molar refractivity (Wildman–Crippen MR) is 101 cm³/mol. The number of thiophene rings is 1. The molecule has 128 valence electrons. The summed E-state index contributed by atoms with van der Waals surface area (Å²) in [6.45, 7) is 7.90. The molecule has 0 bridgehead atoms. The fourth-order valence-electron chi connectivity index (χ4n) is 2.83. The number of likely N-dealkylation sites (N-methyl/N-ethyl adjacent to an activating group) is 1. The number of thioether (sulfide) groups is 1. The molecule has 0 radical (unpaired) electrons. The molecule has 25 heavy (non-hydrogen) atoms. The highest BCUT2D eigenvalue weighted by molar-refractivity contribution is 8.18. The number of hydrogen-bond donors (Lipinski definition) is 0. The second kappa shape index (κ2) is 6.21. The van der Waals surface area contributed by atoms with Gasteiger partial charge in [0.15, 0.2) is 0 Å². The van der Waals surface area contributed by atoms with Gasteiger partial charge in [0.25, 0.3) is 11.1 Å². The maximum atomic E-state index is 12.1. The minimum Gasteiger partial charge on any atom is -0.308 e. The molecule has 7 heteroatoms. The van der Waals surface area contributed by atoms with Crippen LogP contribution in [0.4, 0.5) is 4.79 Å². The molecule has 3 heterocycles. The van der Waals surface area contributed by atoms with Crippen LogP contribution in [0, 0.1) is 39.0 Å². The molecular weight excluding hydrogens is 354 g/mol. The summed E-state index contributed by atoms with van der Waals surface area (Å²) in [7, 11) is 1.48. The van der Waals surface area contributed by atoms with Crippen molar-refractivity contribution in [2.45, 2.75) is 27.7 Å². The molecular formula is C18H17N3O2S2. The van der Waals surface area contributed by atoms with Gasteiger partial charge in [-0.05, 0) is 62.7 Å². The number of hydrogen-bond acceptors (Lipinski definition) is 5. The van der Waals surface area contributed by atoms with Gasteiger partial charge >= 0.3 is 0 Å². The van der Waals surface area contributed by atoms with Crippen LogP contribution in [0.3, 0.4) is 0 Å². The van der Waals surface area contributed by atoms with Gasteiger partial charge in [0.1, 0.15) is 11.1 Å². The molecule has 1 fully saturated rings. The number of carbonyl (C=O) groups is 2. The summed E-state index contributed by atoms with van der Waals surface area (Å²) >= 11 is 2.54. The normalized spacial score (nSPS) is 16.2. The van der Waals surface area contributed by atoms with Gasteiger partial charge in [-0.3, -0.25) is 14.5 Å². The second-order valence-corrected chi connectivity index (χ2v) is 8.17. The summed E-state index contributed by atoms with van der Waals surface area (Å²) in [5.41, 5.74) is 4.49. The fraction of sp³-hybridized carbons (Fsp3) is 0.278. The molecule has 5 nitrogen and oxygen atoms in total. The molecule has 2 aromatic heterocycles. The van der Waals surface area contributed by atoms with Gasteiger partial charge in [-0.25, -0.2) is 0 Å². The highest BCUT2D eigenvalue weighted by Crippen LogP contribution is 2.36. The number of rotatable bonds is 2. The van der Waals surface area contributed by atoms with E-state index >= 15 is 0 Å². The van der Waals surface area contributed by atoms with Crippen LogP contribution in [0.25, 0.3) is 11.1 Å². The molecule has 0 aromatic carbocycles. The van der Waals surface area contributed by atoms with Crippen molar-refractivity contribution >= 4 is 40.3 Å². The Morgan fingerprint density at radius 2 is 1.88 bits per heavy atom. The largest absolute Gasteiger partial charge is 0.308 e. The van der Waals surface area contributed by atoms with E-state index in [1.54, 1.807) is 17.4 Å². The van der Waals surface area contributed by atoms with Gasteiger partial charge < -0.3 is 4.57 Å². The molecule has 0 spiro atoms. The standard InChI is InChI=1S/C18H17N3O2S2/c1-9-6-13(7-15-16(22)20(5)18(23)25-15)11(3)21(9)17-14(8-19)10(2)12(4)24-17/h6-7H,1-5H3/b15-7-. The van der Waals surface area contributed by atoms with Crippen molar-refractivity contribution in [3.05, 3.63) is 43.9 Å². The summed E-state index contributed by atoms with van der Waals surface area (Å²) in [5.74, 6) is -0.277. The van der Waals surface area contributed by atoms with Crippen molar-refractivity contribution in [3.63, 3.8) is 0 Å². The molecule has 1 aliphatic heterocycles. The number of amides is 2. The highest BCUT2D eigenvalue weighted by Gasteiger charge is 2.32. The maximum absolute atomic E-state index is 12.1. The molecule has 0 atom stereocenters. The Bertz CT molecular complexity index is 989. The summed E-state index contributed by atoms with van der Waals surface area (Å²) in [5, 5.41) is 10.2. The van der Waals surface area contributed by atoms with Crippen LogP contribution < -0.4 is 0 Å². The first-order chi connectivity index (χ1) is 11.8. The van der Waals surface area contributed by atoms with Crippen LogP contribution in [0.15, 0.2) is 11.0 Å². The Morgan fingerprint density at radius 3 is 2.44 bits per heavy atom. The number of nitriles is 1. The first-order valence-corrected chi connectivity index (χ1v) is 9.30. The lowest BCUT2D eigenvalue weighted by Gasteiger charge is -2.07. The fourth-order valence-corrected chi connectivity index (χ4v) is 4.87. The number of aryl methyl sites for hydroxylation is 2. The Labute approximate surface area is 154 Å². The Morgan fingerprint density at radius 1 is 1.20 bits per heavy atom. The van der Waals surface area contributed by atoms with E-state index in [4.69, 9.17) is 0 Å². The van der Waals surface area contributed by atoms with E-state index in [0.29, 0.717) is 10.5 Å². The minimum atomic E-state index is -0.277. The van der Waals surface area contributed by atoms with E-state index in [1.165, 1.54) is 7.05 Å². The number of carbonyl (C=O) groups excluding carboxylic acids is 2. The van der Waals surface area contributed by atoms with Gasteiger partial charge in [0.05, 0.1) is 10.5 Å². The second-order valence-electron chi connectivity index (χ2n) is 5.98. The number of aromatic nitrogens is 1. The molecule has 2 aromatic rings. The van der Waals surface area contributed by atoms with Crippen LogP contribution >= 0.6 is 23.1 Å². The SMILES string of the molecule is Cc1sc(-n2c(C)cc(/C=C3\SC(=O)N(C)C3=O)c2C)c(C#N)c1C. The summed E-state index contributed by atoms with van der Waals surface area (Å²) in [6.07, 6.45) is 1.76. The summed E-state index contributed by atoms with van der Waals surface area (Å²) in [6, 6.07) is 4.28. The lowest BCUT2D eigenvalue weighted by atomic mass is 10.2. The number of imide groups is 1. The van der Waals surface area contributed by atoms with Gasteiger partial charge in [0, 0.05) is 23.3 Å². The number of nitrogens with zero attached hydrogens (tertiary/aromatic N) is 3. The molecule has 3 rings (SSSR count). The molecule has 1 saturated heterocycles. The van der Waals surface area contributed by atoms with Gasteiger partial charge in [-0.2, -0.15) is 5.26 Å². The molecule has 0 N–H and O–H groups in total. The van der Waals surface area contributed by atoms with E-state index in [2.05, 4.69) is 6.07 Å². The van der Waals surface area contributed by atoms with E-state index in [1.807, 2.05) is 38.3 Å². The first kappa shape index (κ1) is 17.5. The lowest BCUT2D eigenvalue weighted by molar-refractivity contribution is -0.121. The van der Waals surface area contributed by atoms with Gasteiger partial charge in [-0.15, -0.1) is 11.3 Å². The summed E-state index contributed by atoms with van der Waals surface area (Å²) < 4.78 is 2.05. The van der Waals surface area contributed by atoms with Gasteiger partial charge in [0.2, 0.25) is 0 Å². The van der Waals surface area contributed by atoms with E-state index in [-0.39, 0.29) is 11.1 Å². The predicted octanol–water partition coefficient (Wildman–Crippen LogP) is 4.31. The van der Waals surface area contributed by atoms with Crippen molar-refractivity contribution in [3.8, 4) is 11.1 Å². The third kappa shape index (κ3) is 2.71. The Hall–Kier alpha value is -2.30. The minimum absolute atomic E-state index is 0.263. The quantitative estimate of drug-likeness (QED) is 0.738. The van der Waals surface area contributed by atoms with E-state index < -0.39 is 0 Å². The average Bonchev–Trinajstić information content (AvgIpc) is 3.09. The molecule has 1 aliphatic rings. The third-order valence-electron chi connectivity index (χ3n) is 4.43. The van der Waals surface area contributed by atoms with Gasteiger partial charge in [-0.1, -0.05) is 0 Å². The van der Waals surface area contributed by atoms with Crippen molar-refractivity contribution in [1.29, 1.82) is 5.26 Å². The van der Waals surface area contributed by atoms with E-state index in [9.17, 15) is 14.9 Å². The molecule has 0 aliphatic carbocycles. The Balaban J connectivity index is 2.13. The summed E-state index contributed by atoms with van der Waals surface area (Å²) in [4.78, 5) is 26.4. The Kier molecular flexibility index (Phi) is 4.35. The molecule has 0 unspecified atom stereocenters. The molecule has 2 amide bonds. The van der Waals surface area contributed by atoms with Crippen LogP contribution in [-0.4, -0.2) is 27.7 Å². The van der Waals surface area contributed by atoms with Crippen molar-refractivity contribution in [2.24, 2.45) is 0 Å². The zero-order valence-electron chi connectivity index (χ0n) is 14.6. The maximum Gasteiger partial charge on any atom is 0.293 e. The molecule has 0 saturated carbocycles. The van der Waals surface area contributed by atoms with Crippen LogP contribution in [0.2, 0.25) is 0 Å². The zero-order chi connectivity index (χ0) is 18.5. The lowest BCUT2D eigenvalue weighted by Crippen LogP contribution is -2.22. The monoisotopic (exact) mass is 371 g/mol. The average molecular weight is 371 g/mol. The van der Waals surface area contributed by atoms with E-state index in [0.717, 1.165) is 49.1 Å². The smallest absolute Gasteiger partial charge is 0.293 e. The van der Waals surface area contributed by atoms with Crippen molar-refractivity contribution in [1.82, 2.24) is 9.47 Å². The van der Waals surface area contributed by atoms with Crippen molar-refractivity contribution < 1.29 is 9.59 Å². The third-order valence-corrected chi connectivity index (χ3v) is 6.58.